The number of rotatable bonds is 6. The first-order valence-electron chi connectivity index (χ1n) is 5.84. The number of aliphatic carboxylic acids is 1. The van der Waals surface area contributed by atoms with E-state index in [1.54, 1.807) is 25.1 Å². The van der Waals surface area contributed by atoms with Crippen molar-refractivity contribution in [3.05, 3.63) is 28.8 Å². The van der Waals surface area contributed by atoms with Gasteiger partial charge in [0.1, 0.15) is 5.75 Å². The third-order valence-corrected chi connectivity index (χ3v) is 2.97. The predicted molar refractivity (Wildman–Crippen MR) is 71.8 cm³/mol. The second kappa shape index (κ2) is 6.99. The van der Waals surface area contributed by atoms with Crippen molar-refractivity contribution in [2.75, 3.05) is 20.2 Å². The van der Waals surface area contributed by atoms with Gasteiger partial charge in [0.25, 0.3) is 5.91 Å². The molecule has 0 aliphatic rings. The van der Waals surface area contributed by atoms with Crippen LogP contribution in [0.3, 0.4) is 0 Å². The van der Waals surface area contributed by atoms with E-state index in [0.717, 1.165) is 0 Å². The second-order valence-electron chi connectivity index (χ2n) is 3.88. The van der Waals surface area contributed by atoms with E-state index in [-0.39, 0.29) is 18.9 Å². The Morgan fingerprint density at radius 3 is 2.63 bits per heavy atom. The van der Waals surface area contributed by atoms with Gasteiger partial charge in [-0.15, -0.1) is 0 Å². The fourth-order valence-electron chi connectivity index (χ4n) is 1.61. The van der Waals surface area contributed by atoms with Crippen LogP contribution in [0.2, 0.25) is 5.02 Å². The Morgan fingerprint density at radius 1 is 1.42 bits per heavy atom. The number of methoxy groups -OCH3 is 1. The lowest BCUT2D eigenvalue weighted by atomic mass is 10.2. The maximum absolute atomic E-state index is 12.2. The van der Waals surface area contributed by atoms with Crippen molar-refractivity contribution in [3.63, 3.8) is 0 Å². The minimum absolute atomic E-state index is 0.0791. The SMILES string of the molecule is CCN(CCC(=O)O)C(=O)c1ccc(Cl)c(OC)c1. The standard InChI is InChI=1S/C13H16ClNO4/c1-3-15(7-6-12(16)17)13(18)9-4-5-10(14)11(8-9)19-2/h4-5,8H,3,6-7H2,1-2H3,(H,16,17). The summed E-state index contributed by atoms with van der Waals surface area (Å²) in [5.41, 5.74) is 0.425. The van der Waals surface area contributed by atoms with Crippen LogP contribution in [-0.2, 0) is 4.79 Å². The molecule has 1 N–H and O–H groups in total. The molecule has 104 valence electrons. The third kappa shape index (κ3) is 4.13. The van der Waals surface area contributed by atoms with Crippen LogP contribution >= 0.6 is 11.6 Å². The van der Waals surface area contributed by atoms with Crippen LogP contribution < -0.4 is 4.74 Å². The van der Waals surface area contributed by atoms with Crippen LogP contribution in [-0.4, -0.2) is 42.1 Å². The molecule has 0 spiro atoms. The van der Waals surface area contributed by atoms with Gasteiger partial charge >= 0.3 is 5.97 Å². The topological polar surface area (TPSA) is 66.8 Å². The summed E-state index contributed by atoms with van der Waals surface area (Å²) in [6, 6.07) is 4.73. The zero-order valence-electron chi connectivity index (χ0n) is 10.9. The number of benzene rings is 1. The summed E-state index contributed by atoms with van der Waals surface area (Å²) in [4.78, 5) is 24.2. The Labute approximate surface area is 116 Å². The molecule has 1 rings (SSSR count). The fraction of sp³-hybridized carbons (Fsp3) is 0.385. The molecule has 1 aromatic carbocycles. The van der Waals surface area contributed by atoms with E-state index < -0.39 is 5.97 Å². The Bertz CT molecular complexity index is 476. The molecule has 0 atom stereocenters. The molecular weight excluding hydrogens is 270 g/mol. The molecule has 0 radical (unpaired) electrons. The van der Waals surface area contributed by atoms with Crippen LogP contribution in [0.25, 0.3) is 0 Å². The van der Waals surface area contributed by atoms with Crippen molar-refractivity contribution in [2.45, 2.75) is 13.3 Å². The molecule has 0 saturated heterocycles. The molecule has 1 aromatic rings. The Kier molecular flexibility index (Phi) is 5.63. The molecule has 0 heterocycles. The summed E-state index contributed by atoms with van der Waals surface area (Å²) in [7, 11) is 1.47. The number of halogens is 1. The highest BCUT2D eigenvalue weighted by atomic mass is 35.5. The van der Waals surface area contributed by atoms with Crippen LogP contribution in [0, 0.1) is 0 Å². The first kappa shape index (κ1) is 15.3. The zero-order valence-corrected chi connectivity index (χ0v) is 11.6. The van der Waals surface area contributed by atoms with Gasteiger partial charge in [-0.05, 0) is 25.1 Å². The molecule has 6 heteroatoms. The van der Waals surface area contributed by atoms with Crippen LogP contribution in [0.15, 0.2) is 18.2 Å². The maximum Gasteiger partial charge on any atom is 0.305 e. The minimum Gasteiger partial charge on any atom is -0.495 e. The summed E-state index contributed by atoms with van der Waals surface area (Å²) in [6.07, 6.45) is -0.0791. The first-order valence-corrected chi connectivity index (χ1v) is 6.22. The van der Waals surface area contributed by atoms with Gasteiger partial charge in [0, 0.05) is 18.7 Å². The number of ether oxygens (including phenoxy) is 1. The van der Waals surface area contributed by atoms with Crippen molar-refractivity contribution >= 4 is 23.5 Å². The largest absolute Gasteiger partial charge is 0.495 e. The molecule has 0 aromatic heterocycles. The summed E-state index contributed by atoms with van der Waals surface area (Å²) in [5, 5.41) is 9.08. The van der Waals surface area contributed by atoms with Gasteiger partial charge in [0.05, 0.1) is 18.6 Å². The van der Waals surface area contributed by atoms with E-state index in [4.69, 9.17) is 21.4 Å². The van der Waals surface area contributed by atoms with Gasteiger partial charge in [0.2, 0.25) is 0 Å². The lowest BCUT2D eigenvalue weighted by Crippen LogP contribution is -2.32. The van der Waals surface area contributed by atoms with Crippen molar-refractivity contribution in [1.82, 2.24) is 4.90 Å². The van der Waals surface area contributed by atoms with E-state index in [2.05, 4.69) is 0 Å². The van der Waals surface area contributed by atoms with E-state index >= 15 is 0 Å². The third-order valence-electron chi connectivity index (χ3n) is 2.66. The molecule has 0 unspecified atom stereocenters. The molecule has 0 aliphatic heterocycles. The average Bonchev–Trinajstić information content (AvgIpc) is 2.39. The number of nitrogens with zero attached hydrogens (tertiary/aromatic N) is 1. The Balaban J connectivity index is 2.87. The molecule has 0 saturated carbocycles. The van der Waals surface area contributed by atoms with Crippen LogP contribution in [0.1, 0.15) is 23.7 Å². The van der Waals surface area contributed by atoms with Gasteiger partial charge in [-0.1, -0.05) is 11.6 Å². The van der Waals surface area contributed by atoms with E-state index in [1.165, 1.54) is 12.0 Å². The zero-order chi connectivity index (χ0) is 14.4. The number of carbonyl (C=O) groups excluding carboxylic acids is 1. The molecule has 5 nitrogen and oxygen atoms in total. The Hall–Kier alpha value is -1.75. The van der Waals surface area contributed by atoms with Crippen molar-refractivity contribution in [2.24, 2.45) is 0 Å². The minimum atomic E-state index is -0.931. The van der Waals surface area contributed by atoms with Gasteiger partial charge in [0.15, 0.2) is 0 Å². The lowest BCUT2D eigenvalue weighted by Gasteiger charge is -2.20. The Morgan fingerprint density at radius 2 is 2.11 bits per heavy atom. The summed E-state index contributed by atoms with van der Waals surface area (Å²) in [6.45, 7) is 2.42. The number of amides is 1. The number of carboxylic acids is 1. The number of hydrogen-bond donors (Lipinski definition) is 1. The second-order valence-corrected chi connectivity index (χ2v) is 4.29. The van der Waals surface area contributed by atoms with Gasteiger partial charge < -0.3 is 14.7 Å². The van der Waals surface area contributed by atoms with Crippen molar-refractivity contribution in [1.29, 1.82) is 0 Å². The monoisotopic (exact) mass is 285 g/mol. The van der Waals surface area contributed by atoms with E-state index in [1.807, 2.05) is 0 Å². The van der Waals surface area contributed by atoms with Crippen molar-refractivity contribution < 1.29 is 19.4 Å². The smallest absolute Gasteiger partial charge is 0.305 e. The summed E-state index contributed by atoms with van der Waals surface area (Å²) >= 11 is 5.89. The quantitative estimate of drug-likeness (QED) is 0.871. The van der Waals surface area contributed by atoms with E-state index in [0.29, 0.717) is 22.9 Å². The molecular formula is C13H16ClNO4. The lowest BCUT2D eigenvalue weighted by molar-refractivity contribution is -0.137. The molecule has 1 amide bonds. The highest BCUT2D eigenvalue weighted by molar-refractivity contribution is 6.32. The van der Waals surface area contributed by atoms with Crippen LogP contribution in [0.4, 0.5) is 0 Å². The number of carbonyl (C=O) groups is 2. The highest BCUT2D eigenvalue weighted by Crippen LogP contribution is 2.25. The molecule has 19 heavy (non-hydrogen) atoms. The van der Waals surface area contributed by atoms with Gasteiger partial charge in [-0.25, -0.2) is 0 Å². The van der Waals surface area contributed by atoms with Crippen molar-refractivity contribution in [3.8, 4) is 5.75 Å². The molecule has 0 aliphatic carbocycles. The van der Waals surface area contributed by atoms with Gasteiger partial charge in [-0.2, -0.15) is 0 Å². The summed E-state index contributed by atoms with van der Waals surface area (Å²) < 4.78 is 5.05. The fourth-order valence-corrected chi connectivity index (χ4v) is 1.80. The maximum atomic E-state index is 12.2. The number of carboxylic acid groups (broad SMARTS) is 1. The van der Waals surface area contributed by atoms with Crippen LogP contribution in [0.5, 0.6) is 5.75 Å². The molecule has 0 fully saturated rings. The van der Waals surface area contributed by atoms with Gasteiger partial charge in [-0.3, -0.25) is 9.59 Å². The first-order chi connectivity index (χ1) is 8.99. The number of hydrogen-bond acceptors (Lipinski definition) is 3. The highest BCUT2D eigenvalue weighted by Gasteiger charge is 2.16. The van der Waals surface area contributed by atoms with E-state index in [9.17, 15) is 9.59 Å². The average molecular weight is 286 g/mol. The predicted octanol–water partition coefficient (Wildman–Crippen LogP) is 2.29. The normalized spacial score (nSPS) is 10.1. The molecule has 0 bridgehead atoms. The summed E-state index contributed by atoms with van der Waals surface area (Å²) in [5.74, 6) is -0.750.